The maximum atomic E-state index is 12.0. The van der Waals surface area contributed by atoms with Gasteiger partial charge in [-0.2, -0.15) is 0 Å². The molecule has 2 aromatic carbocycles. The van der Waals surface area contributed by atoms with Gasteiger partial charge in [0.05, 0.1) is 6.54 Å². The number of nitrogens with zero attached hydrogens (tertiary/aromatic N) is 1. The highest BCUT2D eigenvalue weighted by molar-refractivity contribution is 5.89. The van der Waals surface area contributed by atoms with Gasteiger partial charge in [0.25, 0.3) is 0 Å². The van der Waals surface area contributed by atoms with E-state index in [0.717, 1.165) is 16.8 Å². The zero-order valence-corrected chi connectivity index (χ0v) is 11.2. The number of cyclic esters (lactones) is 1. The van der Waals surface area contributed by atoms with E-state index < -0.39 is 0 Å². The van der Waals surface area contributed by atoms with E-state index >= 15 is 0 Å². The molecule has 0 spiro atoms. The van der Waals surface area contributed by atoms with Crippen molar-refractivity contribution < 1.29 is 9.53 Å². The summed E-state index contributed by atoms with van der Waals surface area (Å²) in [6.07, 6.45) is -0.555. The summed E-state index contributed by atoms with van der Waals surface area (Å²) in [6, 6.07) is 15.3. The number of rotatable bonds is 2. The summed E-state index contributed by atoms with van der Waals surface area (Å²) in [4.78, 5) is 13.6. The van der Waals surface area contributed by atoms with E-state index in [1.807, 2.05) is 55.5 Å². The lowest BCUT2D eigenvalue weighted by Crippen LogP contribution is -2.23. The molecule has 0 radical (unpaired) electrons. The molecule has 20 heavy (non-hydrogen) atoms. The third kappa shape index (κ3) is 2.32. The van der Waals surface area contributed by atoms with Crippen LogP contribution in [-0.4, -0.2) is 12.6 Å². The molecule has 2 N–H and O–H groups in total. The van der Waals surface area contributed by atoms with E-state index in [4.69, 9.17) is 10.5 Å². The number of benzene rings is 2. The predicted molar refractivity (Wildman–Crippen MR) is 78.6 cm³/mol. The van der Waals surface area contributed by atoms with Gasteiger partial charge in [-0.1, -0.05) is 29.8 Å². The standard InChI is InChI=1S/C16H16N2O2/c1-11-2-8-14(9-3-11)18-10-15(20-16(18)19)12-4-6-13(17)7-5-12/h2-9,15H,10,17H2,1H3. The van der Waals surface area contributed by atoms with E-state index in [-0.39, 0.29) is 12.2 Å². The molecular weight excluding hydrogens is 252 g/mol. The summed E-state index contributed by atoms with van der Waals surface area (Å²) < 4.78 is 5.43. The molecule has 1 unspecified atom stereocenters. The molecule has 1 amide bonds. The van der Waals surface area contributed by atoms with Crippen LogP contribution in [0.25, 0.3) is 0 Å². The Balaban J connectivity index is 1.81. The Labute approximate surface area is 117 Å². The Morgan fingerprint density at radius 3 is 2.40 bits per heavy atom. The highest BCUT2D eigenvalue weighted by atomic mass is 16.6. The SMILES string of the molecule is Cc1ccc(N2CC(c3ccc(N)cc3)OC2=O)cc1. The predicted octanol–water partition coefficient (Wildman–Crippen LogP) is 3.28. The molecule has 1 aliphatic rings. The number of aryl methyl sites for hydroxylation is 1. The Bertz CT molecular complexity index is 620. The number of nitrogen functional groups attached to an aromatic ring is 1. The monoisotopic (exact) mass is 268 g/mol. The van der Waals surface area contributed by atoms with Crippen LogP contribution >= 0.6 is 0 Å². The second-order valence-electron chi connectivity index (χ2n) is 4.99. The van der Waals surface area contributed by atoms with Crippen LogP contribution in [0, 0.1) is 6.92 Å². The normalized spacial score (nSPS) is 18.1. The first kappa shape index (κ1) is 12.5. The fraction of sp³-hybridized carbons (Fsp3) is 0.188. The Hall–Kier alpha value is -2.49. The van der Waals surface area contributed by atoms with Crippen molar-refractivity contribution in [1.82, 2.24) is 0 Å². The van der Waals surface area contributed by atoms with Crippen LogP contribution in [0.4, 0.5) is 16.2 Å². The molecule has 1 atom stereocenters. The number of hydrogen-bond donors (Lipinski definition) is 1. The van der Waals surface area contributed by atoms with Crippen molar-refractivity contribution in [2.75, 3.05) is 17.2 Å². The number of anilines is 2. The Morgan fingerprint density at radius 1 is 1.10 bits per heavy atom. The van der Waals surface area contributed by atoms with Crippen LogP contribution in [0.5, 0.6) is 0 Å². The zero-order chi connectivity index (χ0) is 14.1. The van der Waals surface area contributed by atoms with Crippen molar-refractivity contribution in [3.8, 4) is 0 Å². The topological polar surface area (TPSA) is 55.6 Å². The summed E-state index contributed by atoms with van der Waals surface area (Å²) in [7, 11) is 0. The van der Waals surface area contributed by atoms with Crippen LogP contribution < -0.4 is 10.6 Å². The van der Waals surface area contributed by atoms with Crippen molar-refractivity contribution >= 4 is 17.5 Å². The second kappa shape index (κ2) is 4.89. The van der Waals surface area contributed by atoms with Crippen molar-refractivity contribution in [1.29, 1.82) is 0 Å². The van der Waals surface area contributed by atoms with Crippen LogP contribution in [0.15, 0.2) is 48.5 Å². The average molecular weight is 268 g/mol. The minimum absolute atomic E-state index is 0.246. The minimum atomic E-state index is -0.310. The van der Waals surface area contributed by atoms with Gasteiger partial charge in [-0.25, -0.2) is 4.79 Å². The maximum Gasteiger partial charge on any atom is 0.415 e. The number of carbonyl (C=O) groups is 1. The van der Waals surface area contributed by atoms with Gasteiger partial charge in [0.2, 0.25) is 0 Å². The average Bonchev–Trinajstić information content (AvgIpc) is 2.82. The molecule has 0 aromatic heterocycles. The van der Waals surface area contributed by atoms with E-state index in [1.165, 1.54) is 0 Å². The third-order valence-electron chi connectivity index (χ3n) is 3.47. The van der Waals surface area contributed by atoms with E-state index in [9.17, 15) is 4.79 Å². The van der Waals surface area contributed by atoms with Gasteiger partial charge in [-0.3, -0.25) is 4.90 Å². The molecule has 0 aliphatic carbocycles. The van der Waals surface area contributed by atoms with Gasteiger partial charge < -0.3 is 10.5 Å². The van der Waals surface area contributed by atoms with Crippen LogP contribution in [-0.2, 0) is 4.74 Å². The second-order valence-corrected chi connectivity index (χ2v) is 4.99. The number of amides is 1. The van der Waals surface area contributed by atoms with Crippen molar-refractivity contribution in [3.05, 3.63) is 59.7 Å². The van der Waals surface area contributed by atoms with Crippen LogP contribution in [0.3, 0.4) is 0 Å². The quantitative estimate of drug-likeness (QED) is 0.850. The summed E-state index contributed by atoms with van der Waals surface area (Å²) in [5.74, 6) is 0. The maximum absolute atomic E-state index is 12.0. The fourth-order valence-corrected chi connectivity index (χ4v) is 2.28. The third-order valence-corrected chi connectivity index (χ3v) is 3.47. The van der Waals surface area contributed by atoms with Gasteiger partial charge in [0.15, 0.2) is 0 Å². The van der Waals surface area contributed by atoms with Crippen molar-refractivity contribution in [3.63, 3.8) is 0 Å². The molecule has 102 valence electrons. The van der Waals surface area contributed by atoms with Gasteiger partial charge in [-0.15, -0.1) is 0 Å². The number of ether oxygens (including phenoxy) is 1. The molecule has 1 fully saturated rings. The number of hydrogen-bond acceptors (Lipinski definition) is 3. The van der Waals surface area contributed by atoms with Gasteiger partial charge in [-0.05, 0) is 36.8 Å². The molecule has 4 heteroatoms. The van der Waals surface area contributed by atoms with Gasteiger partial charge >= 0.3 is 6.09 Å². The van der Waals surface area contributed by atoms with Gasteiger partial charge in [0.1, 0.15) is 6.10 Å². The molecule has 4 nitrogen and oxygen atoms in total. The minimum Gasteiger partial charge on any atom is -0.439 e. The lowest BCUT2D eigenvalue weighted by atomic mass is 10.1. The molecule has 1 aliphatic heterocycles. The zero-order valence-electron chi connectivity index (χ0n) is 11.2. The van der Waals surface area contributed by atoms with E-state index in [2.05, 4.69) is 0 Å². The number of nitrogens with two attached hydrogens (primary N) is 1. The molecule has 1 heterocycles. The molecule has 0 bridgehead atoms. The lowest BCUT2D eigenvalue weighted by Gasteiger charge is -2.13. The van der Waals surface area contributed by atoms with E-state index in [0.29, 0.717) is 12.2 Å². The first-order valence-corrected chi connectivity index (χ1v) is 6.54. The van der Waals surface area contributed by atoms with Crippen molar-refractivity contribution in [2.45, 2.75) is 13.0 Å². The summed E-state index contributed by atoms with van der Waals surface area (Å²) in [5.41, 5.74) is 9.35. The van der Waals surface area contributed by atoms with Crippen LogP contribution in [0.1, 0.15) is 17.2 Å². The summed E-state index contributed by atoms with van der Waals surface area (Å²) in [6.45, 7) is 2.54. The fourth-order valence-electron chi connectivity index (χ4n) is 2.28. The van der Waals surface area contributed by atoms with Gasteiger partial charge in [0, 0.05) is 11.4 Å². The highest BCUT2D eigenvalue weighted by Gasteiger charge is 2.33. The summed E-state index contributed by atoms with van der Waals surface area (Å²) >= 11 is 0. The van der Waals surface area contributed by atoms with Crippen molar-refractivity contribution in [2.24, 2.45) is 0 Å². The molecular formula is C16H16N2O2. The Morgan fingerprint density at radius 2 is 1.75 bits per heavy atom. The number of carbonyl (C=O) groups excluding carboxylic acids is 1. The molecule has 1 saturated heterocycles. The summed E-state index contributed by atoms with van der Waals surface area (Å²) in [5, 5.41) is 0. The first-order valence-electron chi connectivity index (χ1n) is 6.54. The van der Waals surface area contributed by atoms with E-state index in [1.54, 1.807) is 4.90 Å². The molecule has 0 saturated carbocycles. The lowest BCUT2D eigenvalue weighted by molar-refractivity contribution is 0.142. The molecule has 2 aromatic rings. The van der Waals surface area contributed by atoms with Crippen LogP contribution in [0.2, 0.25) is 0 Å². The smallest absolute Gasteiger partial charge is 0.415 e. The molecule has 3 rings (SSSR count). The largest absolute Gasteiger partial charge is 0.439 e. The Kier molecular flexibility index (Phi) is 3.06. The first-order chi connectivity index (χ1) is 9.63. The highest BCUT2D eigenvalue weighted by Crippen LogP contribution is 2.30.